The molecule has 18 heavy (non-hydrogen) atoms. The topological polar surface area (TPSA) is 36.9 Å². The van der Waals surface area contributed by atoms with Crippen LogP contribution in [0.25, 0.3) is 0 Å². The minimum absolute atomic E-state index is 0.570. The van der Waals surface area contributed by atoms with Crippen molar-refractivity contribution >= 4 is 59.5 Å². The van der Waals surface area contributed by atoms with E-state index < -0.39 is 11.4 Å². The normalized spacial score (nSPS) is 11.9. The molecule has 0 radical (unpaired) electrons. The number of hydrogen-bond acceptors (Lipinski definition) is 6. The van der Waals surface area contributed by atoms with Gasteiger partial charge >= 0.3 is 0 Å². The zero-order chi connectivity index (χ0) is 14.7. The molecule has 0 atom stereocenters. The Morgan fingerprint density at radius 1 is 0.667 bits per heavy atom. The molecular weight excluding hydrogens is 350 g/mol. The van der Waals surface area contributed by atoms with Crippen LogP contribution >= 0.6 is 35.9 Å². The molecule has 0 N–H and O–H groups in total. The molecule has 10 heteroatoms. The molecule has 0 aromatic heterocycles. The molecule has 0 amide bonds. The monoisotopic (exact) mass is 372 g/mol. The van der Waals surface area contributed by atoms with Crippen molar-refractivity contribution < 1.29 is 18.1 Å². The Morgan fingerprint density at radius 3 is 0.944 bits per heavy atom. The van der Waals surface area contributed by atoms with E-state index in [0.717, 1.165) is 0 Å². The Labute approximate surface area is 131 Å². The molecule has 0 bridgehead atoms. The van der Waals surface area contributed by atoms with Gasteiger partial charge in [-0.05, 0) is 51.3 Å². The molecule has 0 heterocycles. The Kier molecular flexibility index (Phi) is 15.5. The molecule has 0 aliphatic heterocycles. The highest BCUT2D eigenvalue weighted by Gasteiger charge is 2.09. The summed E-state index contributed by atoms with van der Waals surface area (Å²) in [6, 6.07) is 0. The Hall–Kier alpha value is 1.84. The van der Waals surface area contributed by atoms with Crippen molar-refractivity contribution in [1.29, 1.82) is 0 Å². The zero-order valence-electron chi connectivity index (χ0n) is 11.1. The van der Waals surface area contributed by atoms with Crippen LogP contribution in [0.3, 0.4) is 0 Å². The average Bonchev–Trinajstić information content (AvgIpc) is 2.17. The van der Waals surface area contributed by atoms with Gasteiger partial charge in [-0.2, -0.15) is 0 Å². The first-order valence-electron chi connectivity index (χ1n) is 5.48. The summed E-state index contributed by atoms with van der Waals surface area (Å²) in [4.78, 5) is 0. The second-order valence-corrected chi connectivity index (χ2v) is 13.2. The number of thiol groups is 2. The molecule has 0 unspecified atom stereocenters. The van der Waals surface area contributed by atoms with Gasteiger partial charge in [0.1, 0.15) is 0 Å². The summed E-state index contributed by atoms with van der Waals surface area (Å²) in [5.74, 6) is 0. The van der Waals surface area contributed by atoms with E-state index in [1.165, 1.54) is 0 Å². The van der Waals surface area contributed by atoms with Gasteiger partial charge in [0.25, 0.3) is 0 Å². The van der Waals surface area contributed by atoms with Gasteiger partial charge < -0.3 is 18.1 Å². The minimum Gasteiger partial charge on any atom is -0.322 e. The summed E-state index contributed by atoms with van der Waals surface area (Å²) in [6.45, 7) is 9.77. The molecule has 112 valence electrons. The third-order valence-electron chi connectivity index (χ3n) is 1.17. The fraction of sp³-hybridized carbons (Fsp3) is 1.00. The van der Waals surface area contributed by atoms with Crippen molar-refractivity contribution in [2.24, 2.45) is 0 Å². The lowest BCUT2D eigenvalue weighted by molar-refractivity contribution is 0.280. The van der Waals surface area contributed by atoms with Crippen LogP contribution in [0.15, 0.2) is 0 Å². The summed E-state index contributed by atoms with van der Waals surface area (Å²) in [5, 5.41) is 0. The highest BCUT2D eigenvalue weighted by molar-refractivity contribution is 8.60. The lowest BCUT2D eigenvalue weighted by atomic mass is 10.9. The van der Waals surface area contributed by atoms with E-state index >= 15 is 0 Å². The van der Waals surface area contributed by atoms with Crippen molar-refractivity contribution in [3.8, 4) is 0 Å². The van der Waals surface area contributed by atoms with E-state index in [4.69, 9.17) is 41.7 Å². The summed E-state index contributed by atoms with van der Waals surface area (Å²) < 4.78 is 20.2. The Bertz CT molecular complexity index is 242. The van der Waals surface area contributed by atoms with Crippen LogP contribution in [0.4, 0.5) is 0 Å². The van der Waals surface area contributed by atoms with E-state index in [1.54, 1.807) is 0 Å². The average molecular weight is 372 g/mol. The second-order valence-electron chi connectivity index (χ2n) is 2.61. The second kappa shape index (κ2) is 12.6. The molecule has 0 aromatic rings. The molecule has 4 nitrogen and oxygen atoms in total. The van der Waals surface area contributed by atoms with E-state index in [-0.39, 0.29) is 0 Å². The Balaban J connectivity index is 0. The van der Waals surface area contributed by atoms with E-state index in [9.17, 15) is 0 Å². The van der Waals surface area contributed by atoms with Gasteiger partial charge in [-0.15, -0.1) is 0 Å². The lowest BCUT2D eigenvalue weighted by Gasteiger charge is -2.13. The smallest absolute Gasteiger partial charge is 0.244 e. The first kappa shape index (κ1) is 22.1. The highest BCUT2D eigenvalue weighted by atomic mass is 32.9. The zero-order valence-corrected chi connectivity index (χ0v) is 16.3. The molecule has 0 saturated heterocycles. The fourth-order valence-corrected chi connectivity index (χ4v) is 4.83. The van der Waals surface area contributed by atoms with Crippen LogP contribution in [0, 0.1) is 0 Å². The van der Waals surface area contributed by atoms with Crippen LogP contribution in [-0.4, -0.2) is 26.4 Å². The molecule has 0 aromatic carbocycles. The lowest BCUT2D eigenvalue weighted by Crippen LogP contribution is -1.88. The van der Waals surface area contributed by atoms with Crippen molar-refractivity contribution in [3.05, 3.63) is 0 Å². The third kappa shape index (κ3) is 15.9. The largest absolute Gasteiger partial charge is 0.322 e. The van der Waals surface area contributed by atoms with Crippen LogP contribution in [0.2, 0.25) is 0 Å². The summed E-state index contributed by atoms with van der Waals surface area (Å²) in [6.07, 6.45) is 0. The van der Waals surface area contributed by atoms with Gasteiger partial charge in [-0.25, -0.2) is 0 Å². The van der Waals surface area contributed by atoms with E-state index in [0.29, 0.717) is 26.4 Å². The van der Waals surface area contributed by atoms with Crippen LogP contribution in [0.5, 0.6) is 0 Å². The molecule has 0 aliphatic rings. The molecule has 0 saturated carbocycles. The SMILES string of the molecule is CCOP(=S)(S)OCC.CCOP(=S)(S)OCC. The molecule has 0 aliphatic carbocycles. The number of rotatable bonds is 8. The summed E-state index contributed by atoms with van der Waals surface area (Å²) in [7, 11) is 0. The van der Waals surface area contributed by atoms with Crippen molar-refractivity contribution in [3.63, 3.8) is 0 Å². The van der Waals surface area contributed by atoms with E-state index in [2.05, 4.69) is 24.5 Å². The molecule has 0 spiro atoms. The van der Waals surface area contributed by atoms with Crippen molar-refractivity contribution in [2.45, 2.75) is 27.7 Å². The van der Waals surface area contributed by atoms with Gasteiger partial charge in [-0.3, -0.25) is 0 Å². The Morgan fingerprint density at radius 2 is 0.833 bits per heavy atom. The van der Waals surface area contributed by atoms with Gasteiger partial charge in [0.15, 0.2) is 0 Å². The molecule has 0 fully saturated rings. The standard InChI is InChI=1S/2C4H11O2PS2/c2*1-3-5-7(8,9)6-4-2/h2*3-4H2,1-2H3,(H,8,9). The van der Waals surface area contributed by atoms with E-state index in [1.807, 2.05) is 27.7 Å². The van der Waals surface area contributed by atoms with Gasteiger partial charge in [0.05, 0.1) is 26.4 Å². The van der Waals surface area contributed by atoms with Crippen molar-refractivity contribution in [1.82, 2.24) is 0 Å². The molecular formula is C8H22O4P2S4. The van der Waals surface area contributed by atoms with Crippen molar-refractivity contribution in [2.75, 3.05) is 26.4 Å². The number of hydrogen-bond donors (Lipinski definition) is 2. The first-order valence-corrected chi connectivity index (χ1v) is 13.1. The van der Waals surface area contributed by atoms with Crippen LogP contribution < -0.4 is 0 Å². The maximum Gasteiger partial charge on any atom is 0.244 e. The van der Waals surface area contributed by atoms with Gasteiger partial charge in [-0.1, -0.05) is 24.5 Å². The summed E-state index contributed by atoms with van der Waals surface area (Å²) in [5.41, 5.74) is -4.33. The predicted octanol–water partition coefficient (Wildman–Crippen LogP) is 4.43. The minimum atomic E-state index is -2.16. The molecule has 0 rings (SSSR count). The fourth-order valence-electron chi connectivity index (χ4n) is 0.727. The highest BCUT2D eigenvalue weighted by Crippen LogP contribution is 2.53. The first-order chi connectivity index (χ1) is 8.24. The van der Waals surface area contributed by atoms with Crippen LogP contribution in [0.1, 0.15) is 27.7 Å². The maximum atomic E-state index is 5.04. The maximum absolute atomic E-state index is 5.04. The summed E-state index contributed by atoms with van der Waals surface area (Å²) >= 11 is 17.8. The third-order valence-corrected chi connectivity index (χ3v) is 6.16. The van der Waals surface area contributed by atoms with Crippen LogP contribution in [-0.2, 0) is 41.7 Å². The predicted molar refractivity (Wildman–Crippen MR) is 93.0 cm³/mol. The van der Waals surface area contributed by atoms with Gasteiger partial charge in [0.2, 0.25) is 11.4 Å². The quantitative estimate of drug-likeness (QED) is 0.485. The van der Waals surface area contributed by atoms with Gasteiger partial charge in [0, 0.05) is 0 Å².